The van der Waals surface area contributed by atoms with Gasteiger partial charge in [-0.3, -0.25) is 14.5 Å². The number of alkyl halides is 3. The van der Waals surface area contributed by atoms with Gasteiger partial charge in [-0.1, -0.05) is 12.1 Å². The Morgan fingerprint density at radius 3 is 2.39 bits per heavy atom. The van der Waals surface area contributed by atoms with Crippen LogP contribution in [0.1, 0.15) is 49.1 Å². The van der Waals surface area contributed by atoms with Crippen LogP contribution in [0.25, 0.3) is 0 Å². The summed E-state index contributed by atoms with van der Waals surface area (Å²) in [7, 11) is 0. The molecule has 3 aliphatic rings. The molecule has 41 heavy (non-hydrogen) atoms. The van der Waals surface area contributed by atoms with Crippen LogP contribution < -0.4 is 10.1 Å². The van der Waals surface area contributed by atoms with Crippen LogP contribution in [-0.4, -0.2) is 59.6 Å². The van der Waals surface area contributed by atoms with Crippen LogP contribution >= 0.6 is 0 Å². The number of carbonyl (C=O) groups is 2. The molecule has 0 aromatic heterocycles. The maximum absolute atomic E-state index is 13.9. The van der Waals surface area contributed by atoms with Gasteiger partial charge in [-0.2, -0.15) is 0 Å². The van der Waals surface area contributed by atoms with E-state index in [4.69, 9.17) is 4.74 Å². The van der Waals surface area contributed by atoms with Gasteiger partial charge >= 0.3 is 12.3 Å². The lowest BCUT2D eigenvalue weighted by atomic mass is 9.79. The molecule has 12 heteroatoms. The molecule has 2 aromatic rings. The van der Waals surface area contributed by atoms with Crippen LogP contribution in [-0.2, 0) is 20.9 Å². The quantitative estimate of drug-likeness (QED) is 0.427. The number of piperidine rings is 1. The first kappa shape index (κ1) is 29.2. The number of nitrogens with one attached hydrogen (secondary N) is 1. The minimum atomic E-state index is -4.97. The molecule has 2 aromatic carbocycles. The fourth-order valence-electron chi connectivity index (χ4n) is 6.22. The van der Waals surface area contributed by atoms with Crippen molar-refractivity contribution in [2.45, 2.75) is 62.6 Å². The van der Waals surface area contributed by atoms with E-state index < -0.39 is 41.3 Å². The Bertz CT molecular complexity index is 1260. The largest absolute Gasteiger partial charge is 0.573 e. The lowest BCUT2D eigenvalue weighted by Gasteiger charge is -2.46. The highest BCUT2D eigenvalue weighted by Gasteiger charge is 2.54. The van der Waals surface area contributed by atoms with Gasteiger partial charge in [0.25, 0.3) is 5.91 Å². The summed E-state index contributed by atoms with van der Waals surface area (Å²) in [6.07, 6.45) is -1.80. The summed E-state index contributed by atoms with van der Waals surface area (Å²) in [5.41, 5.74) is -0.201. The van der Waals surface area contributed by atoms with E-state index in [0.717, 1.165) is 30.5 Å². The number of carboxylic acid groups (broad SMARTS) is 1. The number of amides is 1. The molecule has 2 aliphatic heterocycles. The predicted octanol–water partition coefficient (Wildman–Crippen LogP) is 5.00. The molecular formula is C29H31F5N2O5. The molecule has 2 N–H and O–H groups in total. The summed E-state index contributed by atoms with van der Waals surface area (Å²) in [6.45, 7) is 0.949. The lowest BCUT2D eigenvalue weighted by Crippen LogP contribution is -2.58. The molecule has 7 nitrogen and oxygen atoms in total. The number of benzene rings is 2. The first-order chi connectivity index (χ1) is 19.4. The average Bonchev–Trinajstić information content (AvgIpc) is 3.77. The van der Waals surface area contributed by atoms with Crippen LogP contribution in [0.15, 0.2) is 42.5 Å². The van der Waals surface area contributed by atoms with E-state index in [0.29, 0.717) is 38.4 Å². The molecule has 0 bridgehead atoms. The highest BCUT2D eigenvalue weighted by atomic mass is 19.4. The Balaban J connectivity index is 1.21. The molecular weight excluding hydrogens is 551 g/mol. The van der Waals surface area contributed by atoms with E-state index in [-0.39, 0.29) is 42.4 Å². The summed E-state index contributed by atoms with van der Waals surface area (Å²) in [5, 5.41) is 12.7. The highest BCUT2D eigenvalue weighted by Crippen LogP contribution is 2.47. The Morgan fingerprint density at radius 2 is 1.78 bits per heavy atom. The number of aliphatic carboxylic acids is 1. The van der Waals surface area contributed by atoms with Crippen LogP contribution in [0, 0.1) is 23.5 Å². The third-order valence-corrected chi connectivity index (χ3v) is 8.40. The van der Waals surface area contributed by atoms with Crippen molar-refractivity contribution >= 4 is 11.9 Å². The van der Waals surface area contributed by atoms with E-state index in [1.807, 2.05) is 0 Å². The van der Waals surface area contributed by atoms with Gasteiger partial charge in [-0.05, 0) is 85.9 Å². The summed E-state index contributed by atoms with van der Waals surface area (Å²) >= 11 is 0. The van der Waals surface area contributed by atoms with Gasteiger partial charge in [0.2, 0.25) is 0 Å². The Kier molecular flexibility index (Phi) is 8.24. The van der Waals surface area contributed by atoms with Gasteiger partial charge in [0.15, 0.2) is 0 Å². The molecule has 1 unspecified atom stereocenters. The van der Waals surface area contributed by atoms with E-state index in [1.54, 1.807) is 12.1 Å². The fraction of sp³-hybridized carbons (Fsp3) is 0.517. The number of hydrogen-bond donors (Lipinski definition) is 2. The van der Waals surface area contributed by atoms with Crippen molar-refractivity contribution in [3.63, 3.8) is 0 Å². The van der Waals surface area contributed by atoms with E-state index in [9.17, 15) is 36.6 Å². The van der Waals surface area contributed by atoms with Crippen molar-refractivity contribution in [3.05, 3.63) is 65.2 Å². The second kappa shape index (κ2) is 11.6. The van der Waals surface area contributed by atoms with Crippen molar-refractivity contribution in [1.29, 1.82) is 0 Å². The minimum Gasteiger partial charge on any atom is -0.481 e. The van der Waals surface area contributed by atoms with Crippen LogP contribution in [0.3, 0.4) is 0 Å². The first-order valence-corrected chi connectivity index (χ1v) is 13.6. The molecule has 5 rings (SSSR count). The molecule has 1 saturated carbocycles. The van der Waals surface area contributed by atoms with Crippen LogP contribution in [0.5, 0.6) is 5.75 Å². The SMILES string of the molecule is O=C(O)[C@@H]1CN(C2CC[C@@](C(=O)NCc3cc(F)cc(OC(F)(F)F)c3)(C3CC3)OC2)CC[C@H]1c1ccc(F)cc1. The second-order valence-electron chi connectivity index (χ2n) is 11.1. The number of likely N-dealkylation sites (tertiary alicyclic amines) is 1. The number of hydrogen-bond acceptors (Lipinski definition) is 5. The molecule has 1 aliphatic carbocycles. The lowest BCUT2D eigenvalue weighted by molar-refractivity contribution is -0.274. The van der Waals surface area contributed by atoms with E-state index in [2.05, 4.69) is 15.0 Å². The van der Waals surface area contributed by atoms with Gasteiger partial charge < -0.3 is 19.9 Å². The van der Waals surface area contributed by atoms with Crippen molar-refractivity contribution in [2.75, 3.05) is 19.7 Å². The Hall–Kier alpha value is -3.25. The molecule has 2 saturated heterocycles. The maximum Gasteiger partial charge on any atom is 0.573 e. The molecule has 4 atom stereocenters. The van der Waals surface area contributed by atoms with E-state index in [1.165, 1.54) is 12.1 Å². The molecule has 222 valence electrons. The fourth-order valence-corrected chi connectivity index (χ4v) is 6.22. The zero-order valence-corrected chi connectivity index (χ0v) is 22.1. The zero-order valence-electron chi connectivity index (χ0n) is 22.1. The topological polar surface area (TPSA) is 88.1 Å². The van der Waals surface area contributed by atoms with Gasteiger partial charge in [0, 0.05) is 25.2 Å². The second-order valence-corrected chi connectivity index (χ2v) is 11.1. The molecule has 2 heterocycles. The smallest absolute Gasteiger partial charge is 0.481 e. The minimum absolute atomic E-state index is 0.00364. The van der Waals surface area contributed by atoms with Crippen LogP contribution in [0.2, 0.25) is 0 Å². The number of nitrogens with zero attached hydrogens (tertiary/aromatic N) is 1. The maximum atomic E-state index is 13.9. The summed E-state index contributed by atoms with van der Waals surface area (Å²) in [6, 6.07) is 8.51. The average molecular weight is 583 g/mol. The van der Waals surface area contributed by atoms with Gasteiger partial charge in [-0.25, -0.2) is 8.78 Å². The summed E-state index contributed by atoms with van der Waals surface area (Å²) in [4.78, 5) is 27.6. The molecule has 0 spiro atoms. The molecule has 0 radical (unpaired) electrons. The predicted molar refractivity (Wildman–Crippen MR) is 136 cm³/mol. The number of halogens is 5. The van der Waals surface area contributed by atoms with E-state index >= 15 is 0 Å². The van der Waals surface area contributed by atoms with Crippen molar-refractivity contribution < 1.29 is 46.1 Å². The van der Waals surface area contributed by atoms with Gasteiger partial charge in [0.05, 0.1) is 12.5 Å². The number of carboxylic acids is 1. The van der Waals surface area contributed by atoms with Crippen molar-refractivity contribution in [3.8, 4) is 5.75 Å². The van der Waals surface area contributed by atoms with Crippen molar-refractivity contribution in [2.24, 2.45) is 11.8 Å². The Labute approximate surface area is 233 Å². The third kappa shape index (κ3) is 6.81. The van der Waals surface area contributed by atoms with Gasteiger partial charge in [-0.15, -0.1) is 13.2 Å². The Morgan fingerprint density at radius 1 is 1.05 bits per heavy atom. The molecule has 3 fully saturated rings. The van der Waals surface area contributed by atoms with Gasteiger partial charge in [0.1, 0.15) is 23.0 Å². The summed E-state index contributed by atoms with van der Waals surface area (Å²) < 4.78 is 75.0. The summed E-state index contributed by atoms with van der Waals surface area (Å²) in [5.74, 6) is -4.26. The number of carbonyl (C=O) groups excluding carboxylic acids is 1. The monoisotopic (exact) mass is 582 g/mol. The standard InChI is InChI=1S/C29H31F5N2O5/c30-20-5-1-18(2-6-20)24-8-10-36(15-25(24)26(37)38)22-7-9-28(40-16-22,19-3-4-19)27(39)35-14-17-11-21(31)13-23(12-17)41-29(32,33)34/h1-2,5-6,11-13,19,22,24-25H,3-4,7-10,14-16H2,(H,35,39)(H,37,38)/t22?,24-,25+,28-/m0/s1. The highest BCUT2D eigenvalue weighted by molar-refractivity contribution is 5.86. The zero-order chi connectivity index (χ0) is 29.4. The third-order valence-electron chi connectivity index (χ3n) is 8.40. The van der Waals surface area contributed by atoms with Crippen LogP contribution in [0.4, 0.5) is 22.0 Å². The molecule has 1 amide bonds. The number of ether oxygens (including phenoxy) is 2. The first-order valence-electron chi connectivity index (χ1n) is 13.6. The van der Waals surface area contributed by atoms with Crippen molar-refractivity contribution in [1.82, 2.24) is 10.2 Å². The normalized spacial score (nSPS) is 27.3. The number of rotatable bonds is 8.